The van der Waals surface area contributed by atoms with Crippen LogP contribution >= 0.6 is 0 Å². The molecule has 18 heavy (non-hydrogen) atoms. The summed E-state index contributed by atoms with van der Waals surface area (Å²) in [5, 5.41) is 10.4. The molecular formula is C15H29N3. The van der Waals surface area contributed by atoms with Crippen LogP contribution in [0.4, 0.5) is 0 Å². The van der Waals surface area contributed by atoms with Gasteiger partial charge in [0.2, 0.25) is 0 Å². The maximum absolute atomic E-state index is 3.56. The van der Waals surface area contributed by atoms with Gasteiger partial charge in [0.1, 0.15) is 0 Å². The van der Waals surface area contributed by atoms with E-state index < -0.39 is 0 Å². The first-order chi connectivity index (χ1) is 8.93. The number of fused-ring (bicyclic) bond motifs is 2. The monoisotopic (exact) mass is 251 g/mol. The van der Waals surface area contributed by atoms with Crippen molar-refractivity contribution in [3.05, 3.63) is 0 Å². The molecule has 4 rings (SSSR count). The molecule has 3 aliphatic heterocycles. The van der Waals surface area contributed by atoms with Crippen molar-refractivity contribution >= 4 is 0 Å². The number of piperidine rings is 1. The standard InChI is InChI=1S/C8H15N.C7H14N2/c1-2-4-8-7(3-1)5-6-9-8;1-3-8-5-7-6(1)2-4-9-7/h7-9H,1-6H2;6-9H,1-5H2. The van der Waals surface area contributed by atoms with Crippen LogP contribution in [-0.2, 0) is 0 Å². The Bertz CT molecular complexity index is 206. The summed E-state index contributed by atoms with van der Waals surface area (Å²) in [6, 6.07) is 1.72. The predicted octanol–water partition coefficient (Wildman–Crippen LogP) is 1.50. The largest absolute Gasteiger partial charge is 0.315 e. The van der Waals surface area contributed by atoms with Crippen LogP contribution in [0.25, 0.3) is 0 Å². The fourth-order valence-corrected chi connectivity index (χ4v) is 4.23. The van der Waals surface area contributed by atoms with Crippen LogP contribution in [0.3, 0.4) is 0 Å². The van der Waals surface area contributed by atoms with E-state index in [1.54, 1.807) is 0 Å². The molecule has 3 N–H and O–H groups in total. The van der Waals surface area contributed by atoms with Crippen LogP contribution in [0, 0.1) is 11.8 Å². The van der Waals surface area contributed by atoms with Crippen LogP contribution in [0.2, 0.25) is 0 Å². The van der Waals surface area contributed by atoms with Crippen LogP contribution in [0.1, 0.15) is 44.9 Å². The molecule has 0 radical (unpaired) electrons. The first-order valence-electron chi connectivity index (χ1n) is 8.11. The second kappa shape index (κ2) is 6.36. The molecule has 0 aromatic carbocycles. The number of rotatable bonds is 0. The van der Waals surface area contributed by atoms with Crippen molar-refractivity contribution in [2.45, 2.75) is 57.0 Å². The van der Waals surface area contributed by atoms with E-state index in [1.807, 2.05) is 0 Å². The number of nitrogens with one attached hydrogen (secondary N) is 3. The summed E-state index contributed by atoms with van der Waals surface area (Å²) < 4.78 is 0. The zero-order valence-corrected chi connectivity index (χ0v) is 11.6. The van der Waals surface area contributed by atoms with E-state index >= 15 is 0 Å². The van der Waals surface area contributed by atoms with Gasteiger partial charge in [-0.05, 0) is 63.6 Å². The summed E-state index contributed by atoms with van der Waals surface area (Å²) >= 11 is 0. The number of hydrogen-bond donors (Lipinski definition) is 3. The Balaban J connectivity index is 0.000000111. The van der Waals surface area contributed by atoms with Gasteiger partial charge in [-0.1, -0.05) is 12.8 Å². The molecule has 3 nitrogen and oxygen atoms in total. The predicted molar refractivity (Wildman–Crippen MR) is 75.8 cm³/mol. The van der Waals surface area contributed by atoms with Gasteiger partial charge in [0.05, 0.1) is 0 Å². The lowest BCUT2D eigenvalue weighted by molar-refractivity contribution is 0.326. The lowest BCUT2D eigenvalue weighted by Gasteiger charge is -2.25. The van der Waals surface area contributed by atoms with Crippen LogP contribution in [0.5, 0.6) is 0 Å². The van der Waals surface area contributed by atoms with Crippen molar-refractivity contribution < 1.29 is 0 Å². The van der Waals surface area contributed by atoms with E-state index in [1.165, 1.54) is 71.1 Å². The van der Waals surface area contributed by atoms with Crippen LogP contribution in [0.15, 0.2) is 0 Å². The van der Waals surface area contributed by atoms with Gasteiger partial charge in [-0.15, -0.1) is 0 Å². The van der Waals surface area contributed by atoms with Gasteiger partial charge < -0.3 is 16.0 Å². The summed E-state index contributed by atoms with van der Waals surface area (Å²) in [6.07, 6.45) is 10.1. The zero-order valence-electron chi connectivity index (χ0n) is 11.6. The third-order valence-corrected chi connectivity index (χ3v) is 5.38. The summed E-state index contributed by atoms with van der Waals surface area (Å²) in [7, 11) is 0. The molecule has 4 unspecified atom stereocenters. The van der Waals surface area contributed by atoms with Crippen LogP contribution in [-0.4, -0.2) is 38.3 Å². The summed E-state index contributed by atoms with van der Waals surface area (Å²) in [5.41, 5.74) is 0. The molecule has 0 spiro atoms. The quantitative estimate of drug-likeness (QED) is 0.610. The van der Waals surface area contributed by atoms with Crippen molar-refractivity contribution in [2.75, 3.05) is 26.2 Å². The van der Waals surface area contributed by atoms with Gasteiger partial charge in [-0.3, -0.25) is 0 Å². The van der Waals surface area contributed by atoms with Gasteiger partial charge >= 0.3 is 0 Å². The summed E-state index contributed by atoms with van der Waals surface area (Å²) in [5.74, 6) is 2.05. The minimum absolute atomic E-state index is 0.804. The highest BCUT2D eigenvalue weighted by Gasteiger charge is 2.29. The molecule has 3 heteroatoms. The van der Waals surface area contributed by atoms with Gasteiger partial charge in [0.15, 0.2) is 0 Å². The fourth-order valence-electron chi connectivity index (χ4n) is 4.23. The third kappa shape index (κ3) is 3.06. The normalized spacial score (nSPS) is 42.7. The van der Waals surface area contributed by atoms with Gasteiger partial charge in [0.25, 0.3) is 0 Å². The molecule has 3 saturated heterocycles. The van der Waals surface area contributed by atoms with Crippen molar-refractivity contribution in [1.82, 2.24) is 16.0 Å². The Morgan fingerprint density at radius 3 is 2.06 bits per heavy atom. The molecule has 4 atom stereocenters. The molecule has 3 heterocycles. The first kappa shape index (κ1) is 12.9. The topological polar surface area (TPSA) is 36.1 Å². The molecule has 4 aliphatic rings. The Hall–Kier alpha value is -0.120. The minimum atomic E-state index is 0.804. The average Bonchev–Trinajstić information content (AvgIpc) is 3.08. The van der Waals surface area contributed by atoms with E-state index in [-0.39, 0.29) is 0 Å². The molecular weight excluding hydrogens is 222 g/mol. The molecule has 0 aromatic heterocycles. The van der Waals surface area contributed by atoms with Crippen LogP contribution < -0.4 is 16.0 Å². The molecule has 4 fully saturated rings. The summed E-state index contributed by atoms with van der Waals surface area (Å²) in [4.78, 5) is 0. The molecule has 104 valence electrons. The lowest BCUT2D eigenvalue weighted by Crippen LogP contribution is -2.43. The van der Waals surface area contributed by atoms with E-state index in [2.05, 4.69) is 16.0 Å². The van der Waals surface area contributed by atoms with Gasteiger partial charge in [0, 0.05) is 18.6 Å². The lowest BCUT2D eigenvalue weighted by atomic mass is 9.86. The van der Waals surface area contributed by atoms with Crippen molar-refractivity contribution in [1.29, 1.82) is 0 Å². The van der Waals surface area contributed by atoms with Crippen molar-refractivity contribution in [3.8, 4) is 0 Å². The van der Waals surface area contributed by atoms with E-state index in [0.717, 1.165) is 23.9 Å². The highest BCUT2D eigenvalue weighted by atomic mass is 15.0. The van der Waals surface area contributed by atoms with Gasteiger partial charge in [-0.25, -0.2) is 0 Å². The van der Waals surface area contributed by atoms with E-state index in [0.29, 0.717) is 0 Å². The molecule has 0 aromatic rings. The SMILES string of the molecule is C1CC2CCNC2CN1.C1CCC2NCCC2C1. The van der Waals surface area contributed by atoms with Crippen molar-refractivity contribution in [3.63, 3.8) is 0 Å². The smallest absolute Gasteiger partial charge is 0.0221 e. The highest BCUT2D eigenvalue weighted by Crippen LogP contribution is 2.29. The Labute approximate surface area is 111 Å². The number of hydrogen-bond acceptors (Lipinski definition) is 3. The zero-order chi connectivity index (χ0) is 12.2. The minimum Gasteiger partial charge on any atom is -0.315 e. The Morgan fingerprint density at radius 2 is 1.28 bits per heavy atom. The Morgan fingerprint density at radius 1 is 0.611 bits per heavy atom. The highest BCUT2D eigenvalue weighted by molar-refractivity contribution is 4.88. The van der Waals surface area contributed by atoms with E-state index in [4.69, 9.17) is 0 Å². The first-order valence-corrected chi connectivity index (χ1v) is 8.11. The maximum atomic E-state index is 3.56. The van der Waals surface area contributed by atoms with Crippen molar-refractivity contribution in [2.24, 2.45) is 11.8 Å². The Kier molecular flexibility index (Phi) is 4.55. The molecule has 0 amide bonds. The maximum Gasteiger partial charge on any atom is 0.0221 e. The summed E-state index contributed by atoms with van der Waals surface area (Å²) in [6.45, 7) is 4.97. The van der Waals surface area contributed by atoms with E-state index in [9.17, 15) is 0 Å². The van der Waals surface area contributed by atoms with Gasteiger partial charge in [-0.2, -0.15) is 0 Å². The second-order valence-corrected chi connectivity index (χ2v) is 6.50. The molecule has 1 aliphatic carbocycles. The third-order valence-electron chi connectivity index (χ3n) is 5.38. The molecule has 1 saturated carbocycles. The second-order valence-electron chi connectivity index (χ2n) is 6.50. The fraction of sp³-hybridized carbons (Fsp3) is 1.00. The molecule has 0 bridgehead atoms. The average molecular weight is 251 g/mol.